The molecule has 0 bridgehead atoms. The third kappa shape index (κ3) is 2.86. The first kappa shape index (κ1) is 17.1. The van der Waals surface area contributed by atoms with Gasteiger partial charge >= 0.3 is 5.97 Å². The topological polar surface area (TPSA) is 119 Å². The van der Waals surface area contributed by atoms with Gasteiger partial charge in [0.15, 0.2) is 0 Å². The van der Waals surface area contributed by atoms with Crippen LogP contribution in [0.2, 0.25) is 0 Å². The molecular formula is C17H13N3O6. The summed E-state index contributed by atoms with van der Waals surface area (Å²) in [5.41, 5.74) is 0.321. The number of hydrogen-bond acceptors (Lipinski definition) is 7. The average Bonchev–Trinajstić information content (AvgIpc) is 2.90. The van der Waals surface area contributed by atoms with Gasteiger partial charge in [0.25, 0.3) is 17.5 Å². The highest BCUT2D eigenvalue weighted by atomic mass is 16.6. The molecule has 2 aromatic carbocycles. The number of anilines is 1. The largest absolute Gasteiger partial charge is 0.465 e. The Hall–Kier alpha value is -3.75. The first-order valence-electron chi connectivity index (χ1n) is 7.50. The first-order valence-corrected chi connectivity index (χ1v) is 7.50. The van der Waals surface area contributed by atoms with Crippen molar-refractivity contribution in [2.75, 3.05) is 19.1 Å². The Bertz CT molecular complexity index is 923. The maximum Gasteiger partial charge on any atom is 0.337 e. The fraction of sp³-hybridized carbons (Fsp3) is 0.118. The predicted molar refractivity (Wildman–Crippen MR) is 89.9 cm³/mol. The molecule has 0 spiro atoms. The van der Waals surface area contributed by atoms with Crippen molar-refractivity contribution in [3.05, 3.63) is 69.3 Å². The van der Waals surface area contributed by atoms with E-state index in [0.29, 0.717) is 11.3 Å². The molecule has 9 nitrogen and oxygen atoms in total. The molecule has 0 radical (unpaired) electrons. The minimum absolute atomic E-state index is 0.00652. The van der Waals surface area contributed by atoms with Crippen LogP contribution in [0.4, 0.5) is 11.4 Å². The maximum absolute atomic E-state index is 12.4. The lowest BCUT2D eigenvalue weighted by molar-refractivity contribution is -0.385. The molecule has 1 N–H and O–H groups in total. The van der Waals surface area contributed by atoms with Gasteiger partial charge in [-0.15, -0.1) is 0 Å². The highest BCUT2D eigenvalue weighted by Gasteiger charge is 2.40. The fourth-order valence-corrected chi connectivity index (χ4v) is 2.62. The number of nitro benzene ring substituents is 1. The average molecular weight is 355 g/mol. The Morgan fingerprint density at radius 2 is 1.85 bits per heavy atom. The number of ether oxygens (including phenoxy) is 1. The molecule has 0 aliphatic carbocycles. The number of nitro groups is 1. The Kier molecular flexibility index (Phi) is 4.36. The summed E-state index contributed by atoms with van der Waals surface area (Å²) >= 11 is 0. The molecule has 0 atom stereocenters. The SMILES string of the molecule is COC(=O)c1ccc(NCN2C(=O)c3cccc([N+](=O)[O-])c3C2=O)cc1. The minimum atomic E-state index is -0.726. The van der Waals surface area contributed by atoms with E-state index in [0.717, 1.165) is 4.90 Å². The summed E-state index contributed by atoms with van der Waals surface area (Å²) in [4.78, 5) is 47.5. The van der Waals surface area contributed by atoms with Crippen LogP contribution >= 0.6 is 0 Å². The smallest absolute Gasteiger partial charge is 0.337 e. The third-order valence-corrected chi connectivity index (χ3v) is 3.92. The van der Waals surface area contributed by atoms with Crippen molar-refractivity contribution >= 4 is 29.2 Å². The van der Waals surface area contributed by atoms with Gasteiger partial charge in [-0.05, 0) is 30.3 Å². The molecule has 0 saturated carbocycles. The fourth-order valence-electron chi connectivity index (χ4n) is 2.62. The number of carbonyl (C=O) groups is 3. The van der Waals surface area contributed by atoms with E-state index in [1.807, 2.05) is 0 Å². The number of fused-ring (bicyclic) bond motifs is 1. The van der Waals surface area contributed by atoms with E-state index in [1.165, 1.54) is 37.4 Å². The highest BCUT2D eigenvalue weighted by Crippen LogP contribution is 2.30. The number of imide groups is 1. The minimum Gasteiger partial charge on any atom is -0.465 e. The number of rotatable bonds is 5. The molecule has 9 heteroatoms. The van der Waals surface area contributed by atoms with Crippen LogP contribution in [0.3, 0.4) is 0 Å². The number of amides is 2. The van der Waals surface area contributed by atoms with E-state index in [4.69, 9.17) is 0 Å². The van der Waals surface area contributed by atoms with Gasteiger partial charge in [0.2, 0.25) is 0 Å². The van der Waals surface area contributed by atoms with Gasteiger partial charge in [0, 0.05) is 11.8 Å². The van der Waals surface area contributed by atoms with Crippen molar-refractivity contribution in [3.63, 3.8) is 0 Å². The van der Waals surface area contributed by atoms with Crippen LogP contribution in [0, 0.1) is 10.1 Å². The summed E-state index contributed by atoms with van der Waals surface area (Å²) in [6, 6.07) is 10.2. The number of hydrogen-bond donors (Lipinski definition) is 1. The van der Waals surface area contributed by atoms with E-state index >= 15 is 0 Å². The second-order valence-electron chi connectivity index (χ2n) is 5.40. The molecule has 0 unspecified atom stereocenters. The molecule has 1 heterocycles. The van der Waals surface area contributed by atoms with Crippen molar-refractivity contribution in [1.82, 2.24) is 4.90 Å². The number of methoxy groups -OCH3 is 1. The normalized spacial score (nSPS) is 12.7. The molecule has 0 fully saturated rings. The van der Waals surface area contributed by atoms with Gasteiger partial charge in [-0.25, -0.2) is 4.79 Å². The van der Waals surface area contributed by atoms with Gasteiger partial charge in [-0.1, -0.05) is 6.07 Å². The van der Waals surface area contributed by atoms with E-state index in [-0.39, 0.29) is 17.8 Å². The highest BCUT2D eigenvalue weighted by molar-refractivity contribution is 6.23. The molecule has 26 heavy (non-hydrogen) atoms. The lowest BCUT2D eigenvalue weighted by Crippen LogP contribution is -2.34. The van der Waals surface area contributed by atoms with Crippen LogP contribution in [0.1, 0.15) is 31.1 Å². The van der Waals surface area contributed by atoms with Gasteiger partial charge < -0.3 is 10.1 Å². The van der Waals surface area contributed by atoms with Gasteiger partial charge in [-0.2, -0.15) is 0 Å². The van der Waals surface area contributed by atoms with Crippen LogP contribution in [0.25, 0.3) is 0 Å². The monoisotopic (exact) mass is 355 g/mol. The molecule has 0 aromatic heterocycles. The number of benzene rings is 2. The standard InChI is InChI=1S/C17H13N3O6/c1-26-17(23)10-5-7-11(8-6-10)18-9-19-15(21)12-3-2-4-13(20(24)25)14(12)16(19)22/h2-8,18H,9H2,1H3. The molecule has 1 aliphatic rings. The summed E-state index contributed by atoms with van der Waals surface area (Å²) in [6.07, 6.45) is 0. The zero-order valence-electron chi connectivity index (χ0n) is 13.6. The Labute approximate surface area is 147 Å². The van der Waals surface area contributed by atoms with Crippen molar-refractivity contribution in [2.24, 2.45) is 0 Å². The van der Waals surface area contributed by atoms with Crippen LogP contribution in [0.15, 0.2) is 42.5 Å². The van der Waals surface area contributed by atoms with Crippen molar-refractivity contribution in [3.8, 4) is 0 Å². The van der Waals surface area contributed by atoms with Crippen LogP contribution < -0.4 is 5.32 Å². The number of esters is 1. The molecule has 3 rings (SSSR count). The van der Waals surface area contributed by atoms with E-state index in [1.54, 1.807) is 12.1 Å². The van der Waals surface area contributed by atoms with Gasteiger partial charge in [0.1, 0.15) is 5.56 Å². The molecule has 2 amide bonds. The molecular weight excluding hydrogens is 342 g/mol. The Morgan fingerprint density at radius 1 is 1.15 bits per heavy atom. The number of nitrogens with one attached hydrogen (secondary N) is 1. The van der Waals surface area contributed by atoms with Crippen LogP contribution in [-0.4, -0.2) is 41.4 Å². The summed E-state index contributed by atoms with van der Waals surface area (Å²) in [5, 5.41) is 14.0. The van der Waals surface area contributed by atoms with E-state index in [2.05, 4.69) is 10.1 Å². The maximum atomic E-state index is 12.4. The van der Waals surface area contributed by atoms with Crippen molar-refractivity contribution in [2.45, 2.75) is 0 Å². The summed E-state index contributed by atoms with van der Waals surface area (Å²) < 4.78 is 4.60. The lowest BCUT2D eigenvalue weighted by Gasteiger charge is -2.15. The van der Waals surface area contributed by atoms with E-state index < -0.39 is 28.4 Å². The van der Waals surface area contributed by atoms with E-state index in [9.17, 15) is 24.5 Å². The van der Waals surface area contributed by atoms with Crippen LogP contribution in [0.5, 0.6) is 0 Å². The Balaban J connectivity index is 1.76. The van der Waals surface area contributed by atoms with Crippen molar-refractivity contribution in [1.29, 1.82) is 0 Å². The Morgan fingerprint density at radius 3 is 2.46 bits per heavy atom. The summed E-state index contributed by atoms with van der Waals surface area (Å²) in [6.45, 7) is -0.166. The molecule has 0 saturated heterocycles. The zero-order valence-corrected chi connectivity index (χ0v) is 13.6. The predicted octanol–water partition coefficient (Wildman–Crippen LogP) is 2.05. The van der Waals surface area contributed by atoms with Gasteiger partial charge in [-0.3, -0.25) is 24.6 Å². The third-order valence-electron chi connectivity index (χ3n) is 3.92. The second-order valence-corrected chi connectivity index (χ2v) is 5.40. The summed E-state index contributed by atoms with van der Waals surface area (Å²) in [7, 11) is 1.27. The molecule has 132 valence electrons. The molecule has 1 aliphatic heterocycles. The second kappa shape index (κ2) is 6.63. The van der Waals surface area contributed by atoms with Gasteiger partial charge in [0.05, 0.1) is 29.8 Å². The first-order chi connectivity index (χ1) is 12.4. The van der Waals surface area contributed by atoms with Crippen LogP contribution in [-0.2, 0) is 4.74 Å². The molecule has 2 aromatic rings. The quantitative estimate of drug-likeness (QED) is 0.377. The lowest BCUT2D eigenvalue weighted by atomic mass is 10.1. The van der Waals surface area contributed by atoms with Crippen molar-refractivity contribution < 1.29 is 24.0 Å². The zero-order chi connectivity index (χ0) is 18.8. The summed E-state index contributed by atoms with van der Waals surface area (Å²) in [5.74, 6) is -1.81. The number of nitrogens with zero attached hydrogens (tertiary/aromatic N) is 2. The number of carbonyl (C=O) groups excluding carboxylic acids is 3.